The number of pyridine rings is 1. The summed E-state index contributed by atoms with van der Waals surface area (Å²) < 4.78 is 39.8. The smallest absolute Gasteiger partial charge is 0.407 e. The Morgan fingerprint density at radius 2 is 2.00 bits per heavy atom. The van der Waals surface area contributed by atoms with Gasteiger partial charge in [-0.05, 0) is 30.4 Å². The van der Waals surface area contributed by atoms with E-state index < -0.39 is 70.7 Å². The number of fused-ring (bicyclic) bond motifs is 1. The molecule has 1 saturated carbocycles. The zero-order chi connectivity index (χ0) is 30.0. The number of alkyl halides is 2. The van der Waals surface area contributed by atoms with Crippen LogP contribution in [0, 0.1) is 22.2 Å². The molecule has 2 saturated heterocycles. The Balaban J connectivity index is 1.46. The lowest BCUT2D eigenvalue weighted by atomic mass is 9.82. The Morgan fingerprint density at radius 1 is 1.29 bits per heavy atom. The standard InChI is InChI=1S/C27H32F2N6O6/c1-24(2,3)18(32-23(39)40-4)21(37)34-9-7-25(13-27(25,28)29)11-16(34)20(36)35-14-26(10-15(35)12-30)22(38)33-19-17(41-26)6-5-8-31-19/h5-6,8,15-16,18H,7,9-11,13-14H2,1-4H3,(H,32,39)(H,31,33,38). The maximum absolute atomic E-state index is 14.6. The van der Waals surface area contributed by atoms with Crippen molar-refractivity contribution in [1.29, 1.82) is 5.26 Å². The third kappa shape index (κ3) is 4.70. The Labute approximate surface area is 235 Å². The summed E-state index contributed by atoms with van der Waals surface area (Å²) in [5, 5.41) is 15.1. The fraction of sp³-hybridized carbons (Fsp3) is 0.630. The highest BCUT2D eigenvalue weighted by atomic mass is 19.3. The number of alkyl carbamates (subject to hydrolysis) is 1. The zero-order valence-electron chi connectivity index (χ0n) is 23.2. The molecule has 5 rings (SSSR count). The van der Waals surface area contributed by atoms with Crippen molar-refractivity contribution in [2.45, 2.75) is 76.1 Å². The number of nitrogens with one attached hydrogen (secondary N) is 2. The molecule has 2 spiro atoms. The molecule has 2 N–H and O–H groups in total. The second kappa shape index (κ2) is 9.53. The van der Waals surface area contributed by atoms with Crippen LogP contribution in [0.3, 0.4) is 0 Å². The van der Waals surface area contributed by atoms with E-state index in [2.05, 4.69) is 20.4 Å². The number of hydrogen-bond acceptors (Lipinski definition) is 8. The average molecular weight is 575 g/mol. The Bertz CT molecular complexity index is 1340. The molecular formula is C27H32F2N6O6. The second-order valence-electron chi connectivity index (χ2n) is 12.3. The van der Waals surface area contributed by atoms with E-state index in [9.17, 15) is 33.2 Å². The maximum Gasteiger partial charge on any atom is 0.407 e. The van der Waals surface area contributed by atoms with Crippen LogP contribution >= 0.6 is 0 Å². The molecule has 4 aliphatic rings. The predicted molar refractivity (Wildman–Crippen MR) is 137 cm³/mol. The summed E-state index contributed by atoms with van der Waals surface area (Å²) in [5.41, 5.74) is -3.86. The number of hydrogen-bond donors (Lipinski definition) is 2. The first-order chi connectivity index (χ1) is 19.2. The number of aromatic nitrogens is 1. The van der Waals surface area contributed by atoms with Gasteiger partial charge in [0, 0.05) is 31.0 Å². The third-order valence-corrected chi connectivity index (χ3v) is 8.61. The average Bonchev–Trinajstić information content (AvgIpc) is 3.25. The summed E-state index contributed by atoms with van der Waals surface area (Å²) in [6.07, 6.45) is -0.292. The lowest BCUT2D eigenvalue weighted by molar-refractivity contribution is -0.153. The second-order valence-corrected chi connectivity index (χ2v) is 12.3. The first-order valence-electron chi connectivity index (χ1n) is 13.4. The maximum atomic E-state index is 14.6. The Morgan fingerprint density at radius 3 is 2.61 bits per heavy atom. The SMILES string of the molecule is COC(=O)NC(C(=O)N1CCC2(CC1C(=O)N1CC3(CC1C#N)Oc1cccnc1NC3=O)CC2(F)F)C(C)(C)C. The van der Waals surface area contributed by atoms with E-state index in [0.29, 0.717) is 0 Å². The predicted octanol–water partition coefficient (Wildman–Crippen LogP) is 2.06. The van der Waals surface area contributed by atoms with Crippen molar-refractivity contribution in [2.24, 2.45) is 10.8 Å². The van der Waals surface area contributed by atoms with Crippen LogP contribution in [0.4, 0.5) is 19.4 Å². The van der Waals surface area contributed by atoms with Crippen molar-refractivity contribution in [2.75, 3.05) is 25.5 Å². The molecule has 14 heteroatoms. The number of ether oxygens (including phenoxy) is 2. The summed E-state index contributed by atoms with van der Waals surface area (Å²) in [6.45, 7) is 4.67. The van der Waals surface area contributed by atoms with E-state index in [0.717, 1.165) is 12.0 Å². The van der Waals surface area contributed by atoms with Crippen LogP contribution in [0.25, 0.3) is 0 Å². The van der Waals surface area contributed by atoms with Gasteiger partial charge in [0.25, 0.3) is 11.8 Å². The highest BCUT2D eigenvalue weighted by Crippen LogP contribution is 2.67. The van der Waals surface area contributed by atoms with E-state index >= 15 is 0 Å². The fourth-order valence-electron chi connectivity index (χ4n) is 6.12. The molecule has 5 unspecified atom stereocenters. The van der Waals surface area contributed by atoms with Crippen LogP contribution in [0.1, 0.15) is 46.5 Å². The van der Waals surface area contributed by atoms with Crippen molar-refractivity contribution in [1.82, 2.24) is 20.1 Å². The molecule has 4 amide bonds. The molecule has 1 aromatic rings. The molecule has 1 aliphatic carbocycles. The number of anilines is 1. The van der Waals surface area contributed by atoms with Gasteiger partial charge in [0.15, 0.2) is 11.6 Å². The van der Waals surface area contributed by atoms with Crippen molar-refractivity contribution >= 4 is 29.6 Å². The van der Waals surface area contributed by atoms with Gasteiger partial charge in [-0.2, -0.15) is 5.26 Å². The van der Waals surface area contributed by atoms with Gasteiger partial charge in [-0.15, -0.1) is 0 Å². The Hall–Kier alpha value is -4.02. The lowest BCUT2D eigenvalue weighted by Crippen LogP contribution is -2.62. The van der Waals surface area contributed by atoms with Gasteiger partial charge in [-0.25, -0.2) is 18.6 Å². The van der Waals surface area contributed by atoms with Crippen LogP contribution in [0.5, 0.6) is 5.75 Å². The summed E-state index contributed by atoms with van der Waals surface area (Å²) >= 11 is 0. The largest absolute Gasteiger partial charge is 0.472 e. The van der Waals surface area contributed by atoms with Gasteiger partial charge in [-0.3, -0.25) is 14.4 Å². The van der Waals surface area contributed by atoms with E-state index in [-0.39, 0.29) is 43.9 Å². The van der Waals surface area contributed by atoms with Crippen LogP contribution in [-0.2, 0) is 19.1 Å². The number of likely N-dealkylation sites (tertiary alicyclic amines) is 2. The van der Waals surface area contributed by atoms with E-state index in [4.69, 9.17) is 4.74 Å². The number of piperidine rings is 1. The number of nitrogens with zero attached hydrogens (tertiary/aromatic N) is 4. The van der Waals surface area contributed by atoms with E-state index in [1.54, 1.807) is 32.9 Å². The minimum atomic E-state index is -2.99. The summed E-state index contributed by atoms with van der Waals surface area (Å²) in [6, 6.07) is 1.64. The quantitative estimate of drug-likeness (QED) is 0.556. The molecular weight excluding hydrogens is 542 g/mol. The number of halogens is 2. The molecule has 1 aromatic heterocycles. The summed E-state index contributed by atoms with van der Waals surface area (Å²) in [4.78, 5) is 59.7. The number of nitriles is 1. The van der Waals surface area contributed by atoms with Crippen LogP contribution in [-0.4, -0.2) is 88.4 Å². The highest BCUT2D eigenvalue weighted by Gasteiger charge is 2.73. The minimum absolute atomic E-state index is 0.0223. The first kappa shape index (κ1) is 28.5. The molecule has 3 fully saturated rings. The molecule has 41 heavy (non-hydrogen) atoms. The van der Waals surface area contributed by atoms with Gasteiger partial charge in [0.05, 0.1) is 19.7 Å². The molecule has 220 valence electrons. The Kier molecular flexibility index (Phi) is 6.62. The number of carbonyl (C=O) groups excluding carboxylic acids is 4. The van der Waals surface area contributed by atoms with E-state index in [1.165, 1.54) is 11.1 Å². The number of carbonyl (C=O) groups is 4. The highest BCUT2D eigenvalue weighted by molar-refractivity contribution is 6.01. The summed E-state index contributed by atoms with van der Waals surface area (Å²) in [5.74, 6) is -4.47. The normalized spacial score (nSPS) is 30.5. The molecule has 5 atom stereocenters. The molecule has 12 nitrogen and oxygen atoms in total. The first-order valence-corrected chi connectivity index (χ1v) is 13.4. The van der Waals surface area contributed by atoms with E-state index in [1.807, 2.05) is 6.07 Å². The van der Waals surface area contributed by atoms with Crippen LogP contribution in [0.15, 0.2) is 18.3 Å². The van der Waals surface area contributed by atoms with Crippen LogP contribution in [0.2, 0.25) is 0 Å². The third-order valence-electron chi connectivity index (χ3n) is 8.61. The summed E-state index contributed by atoms with van der Waals surface area (Å²) in [7, 11) is 1.15. The lowest BCUT2D eigenvalue weighted by Gasteiger charge is -2.44. The zero-order valence-corrected chi connectivity index (χ0v) is 23.2. The van der Waals surface area contributed by atoms with Gasteiger partial charge < -0.3 is 29.9 Å². The minimum Gasteiger partial charge on any atom is -0.472 e. The van der Waals surface area contributed by atoms with Crippen molar-refractivity contribution < 1.29 is 37.4 Å². The van der Waals surface area contributed by atoms with Crippen molar-refractivity contribution in [3.8, 4) is 11.8 Å². The van der Waals surface area contributed by atoms with Gasteiger partial charge in [0.2, 0.25) is 17.4 Å². The molecule has 0 radical (unpaired) electrons. The fourth-order valence-corrected chi connectivity index (χ4v) is 6.12. The molecule has 3 aliphatic heterocycles. The topological polar surface area (TPSA) is 154 Å². The van der Waals surface area contributed by atoms with Crippen LogP contribution < -0.4 is 15.4 Å². The monoisotopic (exact) mass is 574 g/mol. The number of rotatable bonds is 3. The molecule has 4 heterocycles. The van der Waals surface area contributed by atoms with Gasteiger partial charge >= 0.3 is 6.09 Å². The number of methoxy groups -OCH3 is 1. The molecule has 0 aromatic carbocycles. The van der Waals surface area contributed by atoms with Crippen molar-refractivity contribution in [3.05, 3.63) is 18.3 Å². The van der Waals surface area contributed by atoms with Gasteiger partial charge in [0.1, 0.15) is 18.1 Å². The van der Waals surface area contributed by atoms with Crippen molar-refractivity contribution in [3.63, 3.8) is 0 Å². The number of amides is 4. The molecule has 0 bridgehead atoms. The van der Waals surface area contributed by atoms with Gasteiger partial charge in [-0.1, -0.05) is 20.8 Å².